The second kappa shape index (κ2) is 8.58. The smallest absolute Gasteiger partial charge is 0.331 e. The van der Waals surface area contributed by atoms with Crippen LogP contribution in [0.2, 0.25) is 0 Å². The SMILES string of the molecule is COC(=O)/C=C/C(=O)OCCCC(=O)c1ccncc1. The first-order valence-corrected chi connectivity index (χ1v) is 5.99. The van der Waals surface area contributed by atoms with E-state index in [1.807, 2.05) is 0 Å². The number of carbonyl (C=O) groups is 3. The van der Waals surface area contributed by atoms with Gasteiger partial charge in [0, 0.05) is 36.5 Å². The molecule has 0 atom stereocenters. The van der Waals surface area contributed by atoms with Crippen LogP contribution in [0.15, 0.2) is 36.7 Å². The van der Waals surface area contributed by atoms with Crippen molar-refractivity contribution in [3.8, 4) is 0 Å². The summed E-state index contributed by atoms with van der Waals surface area (Å²) in [4.78, 5) is 37.4. The van der Waals surface area contributed by atoms with Gasteiger partial charge in [-0.25, -0.2) is 9.59 Å². The summed E-state index contributed by atoms with van der Waals surface area (Å²) in [6.45, 7) is 0.112. The van der Waals surface area contributed by atoms with E-state index >= 15 is 0 Å². The van der Waals surface area contributed by atoms with E-state index in [4.69, 9.17) is 4.74 Å². The number of hydrogen-bond acceptors (Lipinski definition) is 6. The molecule has 0 unspecified atom stereocenters. The number of carbonyl (C=O) groups excluding carboxylic acids is 3. The van der Waals surface area contributed by atoms with Gasteiger partial charge in [-0.2, -0.15) is 0 Å². The highest BCUT2D eigenvalue weighted by atomic mass is 16.5. The zero-order valence-electron chi connectivity index (χ0n) is 11.1. The Morgan fingerprint density at radius 2 is 1.80 bits per heavy atom. The molecular formula is C14H15NO5. The van der Waals surface area contributed by atoms with E-state index in [2.05, 4.69) is 9.72 Å². The van der Waals surface area contributed by atoms with Crippen molar-refractivity contribution < 1.29 is 23.9 Å². The van der Waals surface area contributed by atoms with Gasteiger partial charge in [-0.05, 0) is 18.6 Å². The van der Waals surface area contributed by atoms with E-state index in [1.54, 1.807) is 24.5 Å². The minimum absolute atomic E-state index is 0.0337. The highest BCUT2D eigenvalue weighted by Gasteiger charge is 2.05. The number of ether oxygens (including phenoxy) is 2. The lowest BCUT2D eigenvalue weighted by atomic mass is 10.1. The van der Waals surface area contributed by atoms with Crippen LogP contribution in [-0.2, 0) is 19.1 Å². The largest absolute Gasteiger partial charge is 0.466 e. The van der Waals surface area contributed by atoms with Crippen LogP contribution in [0, 0.1) is 0 Å². The van der Waals surface area contributed by atoms with Gasteiger partial charge in [0.1, 0.15) is 0 Å². The Labute approximate surface area is 116 Å². The van der Waals surface area contributed by atoms with E-state index in [9.17, 15) is 14.4 Å². The maximum Gasteiger partial charge on any atom is 0.331 e. The third kappa shape index (κ3) is 5.90. The first-order valence-electron chi connectivity index (χ1n) is 5.99. The molecule has 6 nitrogen and oxygen atoms in total. The number of hydrogen-bond donors (Lipinski definition) is 0. The zero-order valence-corrected chi connectivity index (χ0v) is 11.1. The van der Waals surface area contributed by atoms with Crippen LogP contribution >= 0.6 is 0 Å². The minimum Gasteiger partial charge on any atom is -0.466 e. The van der Waals surface area contributed by atoms with E-state index in [1.165, 1.54) is 7.11 Å². The van der Waals surface area contributed by atoms with Crippen LogP contribution in [-0.4, -0.2) is 36.4 Å². The van der Waals surface area contributed by atoms with Gasteiger partial charge in [0.05, 0.1) is 13.7 Å². The average Bonchev–Trinajstić information content (AvgIpc) is 2.49. The number of rotatable bonds is 7. The standard InChI is InChI=1S/C14H15NO5/c1-19-13(17)4-5-14(18)20-10-2-3-12(16)11-6-8-15-9-7-11/h4-9H,2-3,10H2,1H3/b5-4+. The zero-order chi connectivity index (χ0) is 14.8. The molecule has 0 amide bonds. The summed E-state index contributed by atoms with van der Waals surface area (Å²) in [5, 5.41) is 0. The minimum atomic E-state index is -0.647. The van der Waals surface area contributed by atoms with Crippen molar-refractivity contribution in [2.45, 2.75) is 12.8 Å². The summed E-state index contributed by atoms with van der Waals surface area (Å²) in [5.41, 5.74) is 0.580. The molecule has 0 N–H and O–H groups in total. The lowest BCUT2D eigenvalue weighted by Crippen LogP contribution is -2.06. The normalized spacial score (nSPS) is 10.2. The molecule has 1 rings (SSSR count). The van der Waals surface area contributed by atoms with E-state index < -0.39 is 11.9 Å². The summed E-state index contributed by atoms with van der Waals surface area (Å²) in [7, 11) is 1.21. The Morgan fingerprint density at radius 3 is 2.45 bits per heavy atom. The number of pyridine rings is 1. The van der Waals surface area contributed by atoms with Crippen LogP contribution < -0.4 is 0 Å². The Bertz CT molecular complexity index is 496. The molecule has 0 aromatic carbocycles. The summed E-state index contributed by atoms with van der Waals surface area (Å²) in [6.07, 6.45) is 5.74. The molecule has 0 saturated carbocycles. The highest BCUT2D eigenvalue weighted by Crippen LogP contribution is 2.04. The molecular weight excluding hydrogens is 262 g/mol. The summed E-state index contributed by atoms with van der Waals surface area (Å²) < 4.78 is 9.15. The Morgan fingerprint density at radius 1 is 1.15 bits per heavy atom. The Balaban J connectivity index is 2.22. The quantitative estimate of drug-likeness (QED) is 0.323. The number of ketones is 1. The van der Waals surface area contributed by atoms with Crippen molar-refractivity contribution in [3.63, 3.8) is 0 Å². The van der Waals surface area contributed by atoms with Gasteiger partial charge >= 0.3 is 11.9 Å². The molecule has 0 saturated heterocycles. The molecule has 1 aromatic heterocycles. The molecule has 0 aliphatic carbocycles. The third-order valence-corrected chi connectivity index (χ3v) is 2.35. The predicted octanol–water partition coefficient (Wildman–Crippen LogP) is 1.32. The fourth-order valence-corrected chi connectivity index (χ4v) is 1.34. The fourth-order valence-electron chi connectivity index (χ4n) is 1.34. The molecule has 6 heteroatoms. The van der Waals surface area contributed by atoms with Gasteiger partial charge in [0.15, 0.2) is 5.78 Å². The summed E-state index contributed by atoms with van der Waals surface area (Å²) in [6, 6.07) is 3.26. The second-order valence-corrected chi connectivity index (χ2v) is 3.79. The van der Waals surface area contributed by atoms with E-state index in [0.29, 0.717) is 12.0 Å². The fraction of sp³-hybridized carbons (Fsp3) is 0.286. The van der Waals surface area contributed by atoms with E-state index in [-0.39, 0.29) is 18.8 Å². The first kappa shape index (κ1) is 15.6. The second-order valence-electron chi connectivity index (χ2n) is 3.79. The number of aromatic nitrogens is 1. The maximum atomic E-state index is 11.7. The third-order valence-electron chi connectivity index (χ3n) is 2.35. The van der Waals surface area contributed by atoms with Gasteiger partial charge in [-0.1, -0.05) is 0 Å². The van der Waals surface area contributed by atoms with Gasteiger partial charge in [-0.15, -0.1) is 0 Å². The van der Waals surface area contributed by atoms with Crippen LogP contribution in [0.3, 0.4) is 0 Å². The average molecular weight is 277 g/mol. The molecule has 0 fully saturated rings. The lowest BCUT2D eigenvalue weighted by Gasteiger charge is -2.02. The summed E-state index contributed by atoms with van der Waals surface area (Å²) >= 11 is 0. The Hall–Kier alpha value is -2.50. The van der Waals surface area contributed by atoms with Crippen molar-refractivity contribution in [2.75, 3.05) is 13.7 Å². The Kier molecular flexibility index (Phi) is 6.67. The molecule has 0 aliphatic rings. The number of methoxy groups -OCH3 is 1. The molecule has 0 radical (unpaired) electrons. The van der Waals surface area contributed by atoms with Gasteiger partial charge < -0.3 is 9.47 Å². The monoisotopic (exact) mass is 277 g/mol. The molecule has 106 valence electrons. The van der Waals surface area contributed by atoms with Gasteiger partial charge in [-0.3, -0.25) is 9.78 Å². The van der Waals surface area contributed by atoms with Crippen molar-refractivity contribution >= 4 is 17.7 Å². The van der Waals surface area contributed by atoms with Crippen LogP contribution in [0.25, 0.3) is 0 Å². The number of nitrogens with zero attached hydrogens (tertiary/aromatic N) is 1. The number of esters is 2. The van der Waals surface area contributed by atoms with Crippen LogP contribution in [0.1, 0.15) is 23.2 Å². The number of Topliss-reactive ketones (excluding diaryl/α,β-unsaturated/α-hetero) is 1. The molecule has 0 bridgehead atoms. The molecule has 0 aliphatic heterocycles. The molecule has 1 heterocycles. The van der Waals surface area contributed by atoms with Crippen molar-refractivity contribution in [1.29, 1.82) is 0 Å². The van der Waals surface area contributed by atoms with Crippen LogP contribution in [0.4, 0.5) is 0 Å². The van der Waals surface area contributed by atoms with E-state index in [0.717, 1.165) is 12.2 Å². The predicted molar refractivity (Wildman–Crippen MR) is 69.9 cm³/mol. The molecule has 1 aromatic rings. The molecule has 0 spiro atoms. The molecule has 20 heavy (non-hydrogen) atoms. The first-order chi connectivity index (χ1) is 9.63. The topological polar surface area (TPSA) is 82.6 Å². The maximum absolute atomic E-state index is 11.7. The van der Waals surface area contributed by atoms with Crippen molar-refractivity contribution in [2.24, 2.45) is 0 Å². The van der Waals surface area contributed by atoms with Gasteiger partial charge in [0.25, 0.3) is 0 Å². The lowest BCUT2D eigenvalue weighted by molar-refractivity contribution is -0.139. The van der Waals surface area contributed by atoms with Crippen LogP contribution in [0.5, 0.6) is 0 Å². The highest BCUT2D eigenvalue weighted by molar-refractivity contribution is 5.95. The van der Waals surface area contributed by atoms with Crippen molar-refractivity contribution in [3.05, 3.63) is 42.2 Å². The summed E-state index contributed by atoms with van der Waals surface area (Å²) in [5.74, 6) is -1.31. The van der Waals surface area contributed by atoms with Gasteiger partial charge in [0.2, 0.25) is 0 Å². The van der Waals surface area contributed by atoms with Crippen molar-refractivity contribution in [1.82, 2.24) is 4.98 Å².